The molecule has 1 aliphatic carbocycles. The van der Waals surface area contributed by atoms with Crippen molar-refractivity contribution in [1.29, 1.82) is 0 Å². The van der Waals surface area contributed by atoms with Crippen molar-refractivity contribution in [3.05, 3.63) is 29.8 Å². The summed E-state index contributed by atoms with van der Waals surface area (Å²) in [7, 11) is 0. The highest BCUT2D eigenvalue weighted by Crippen LogP contribution is 2.37. The quantitative estimate of drug-likeness (QED) is 0.701. The van der Waals surface area contributed by atoms with Crippen LogP contribution in [0.5, 0.6) is 5.75 Å². The summed E-state index contributed by atoms with van der Waals surface area (Å²) in [6.07, 6.45) is 4.16. The monoisotopic (exact) mass is 204 g/mol. The third kappa shape index (κ3) is 1.53. The number of hydrogen-bond acceptors (Lipinski definition) is 2. The maximum atomic E-state index is 9.95. The van der Waals surface area contributed by atoms with E-state index in [-0.39, 0.29) is 12.2 Å². The molecule has 1 aromatic rings. The Hall–Kier alpha value is -1.02. The van der Waals surface area contributed by atoms with Gasteiger partial charge < -0.3 is 9.84 Å². The van der Waals surface area contributed by atoms with Crippen molar-refractivity contribution >= 4 is 0 Å². The van der Waals surface area contributed by atoms with E-state index < -0.39 is 0 Å². The minimum Gasteiger partial charge on any atom is -0.490 e. The molecule has 0 unspecified atom stereocenters. The van der Waals surface area contributed by atoms with Crippen LogP contribution in [-0.2, 0) is 6.42 Å². The van der Waals surface area contributed by atoms with Crippen LogP contribution in [0.1, 0.15) is 24.8 Å². The minimum absolute atomic E-state index is 0.169. The fraction of sp³-hybridized carbons (Fsp3) is 0.538. The molecule has 1 aromatic carbocycles. The van der Waals surface area contributed by atoms with Crippen molar-refractivity contribution in [2.75, 3.05) is 0 Å². The van der Waals surface area contributed by atoms with Gasteiger partial charge in [-0.3, -0.25) is 0 Å². The van der Waals surface area contributed by atoms with Crippen molar-refractivity contribution in [1.82, 2.24) is 0 Å². The molecule has 0 radical (unpaired) electrons. The third-order valence-electron chi connectivity index (χ3n) is 3.67. The van der Waals surface area contributed by atoms with Crippen molar-refractivity contribution in [2.45, 2.75) is 37.9 Å². The Balaban J connectivity index is 1.92. The molecule has 0 saturated heterocycles. The van der Waals surface area contributed by atoms with E-state index in [9.17, 15) is 5.11 Å². The summed E-state index contributed by atoms with van der Waals surface area (Å²) in [6, 6.07) is 8.19. The molecule has 2 aliphatic rings. The SMILES string of the molecule is O[C@H]1CCC[C@H]2Oc3ccccc3C[C@@H]12. The lowest BCUT2D eigenvalue weighted by Crippen LogP contribution is -2.43. The number of hydrogen-bond donors (Lipinski definition) is 1. The number of para-hydroxylation sites is 1. The first-order valence-electron chi connectivity index (χ1n) is 5.77. The fourth-order valence-electron chi connectivity index (χ4n) is 2.82. The van der Waals surface area contributed by atoms with E-state index in [1.54, 1.807) is 0 Å². The first kappa shape index (κ1) is 9.22. The first-order chi connectivity index (χ1) is 7.34. The molecule has 2 nitrogen and oxygen atoms in total. The maximum Gasteiger partial charge on any atom is 0.122 e. The summed E-state index contributed by atoms with van der Waals surface area (Å²) >= 11 is 0. The van der Waals surface area contributed by atoms with E-state index in [1.165, 1.54) is 5.56 Å². The van der Waals surface area contributed by atoms with Crippen LogP contribution >= 0.6 is 0 Å². The molecule has 0 amide bonds. The van der Waals surface area contributed by atoms with Crippen LogP contribution < -0.4 is 4.74 Å². The highest BCUT2D eigenvalue weighted by atomic mass is 16.5. The number of ether oxygens (including phenoxy) is 1. The molecular weight excluding hydrogens is 188 g/mol. The lowest BCUT2D eigenvalue weighted by Gasteiger charge is -2.39. The van der Waals surface area contributed by atoms with Crippen LogP contribution in [0, 0.1) is 5.92 Å². The molecule has 0 bridgehead atoms. The fourth-order valence-corrected chi connectivity index (χ4v) is 2.82. The van der Waals surface area contributed by atoms with Gasteiger partial charge >= 0.3 is 0 Å². The van der Waals surface area contributed by atoms with Gasteiger partial charge in [-0.25, -0.2) is 0 Å². The van der Waals surface area contributed by atoms with Gasteiger partial charge in [-0.15, -0.1) is 0 Å². The smallest absolute Gasteiger partial charge is 0.122 e. The number of fused-ring (bicyclic) bond motifs is 2. The summed E-state index contributed by atoms with van der Waals surface area (Å²) in [4.78, 5) is 0. The molecular formula is C13H16O2. The van der Waals surface area contributed by atoms with Crippen molar-refractivity contribution in [3.63, 3.8) is 0 Å². The Morgan fingerprint density at radius 1 is 1.20 bits per heavy atom. The molecule has 15 heavy (non-hydrogen) atoms. The molecule has 1 saturated carbocycles. The predicted molar refractivity (Wildman–Crippen MR) is 57.9 cm³/mol. The van der Waals surface area contributed by atoms with E-state index in [0.29, 0.717) is 5.92 Å². The largest absolute Gasteiger partial charge is 0.490 e. The van der Waals surface area contributed by atoms with Crippen LogP contribution in [0.3, 0.4) is 0 Å². The molecule has 3 rings (SSSR count). The van der Waals surface area contributed by atoms with Gasteiger partial charge in [0.25, 0.3) is 0 Å². The van der Waals surface area contributed by atoms with Crippen LogP contribution in [0.2, 0.25) is 0 Å². The zero-order valence-electron chi connectivity index (χ0n) is 8.73. The second kappa shape index (κ2) is 3.53. The highest BCUT2D eigenvalue weighted by molar-refractivity contribution is 5.36. The molecule has 1 aliphatic heterocycles. The molecule has 2 heteroatoms. The molecule has 3 atom stereocenters. The Morgan fingerprint density at radius 2 is 2.07 bits per heavy atom. The van der Waals surface area contributed by atoms with E-state index in [4.69, 9.17) is 4.74 Å². The van der Waals surface area contributed by atoms with Gasteiger partial charge in [0.05, 0.1) is 6.10 Å². The van der Waals surface area contributed by atoms with E-state index in [2.05, 4.69) is 6.07 Å². The van der Waals surface area contributed by atoms with Gasteiger partial charge in [0.15, 0.2) is 0 Å². The van der Waals surface area contributed by atoms with Crippen LogP contribution in [0.25, 0.3) is 0 Å². The molecule has 0 spiro atoms. The van der Waals surface area contributed by atoms with Crippen molar-refractivity contribution in [2.24, 2.45) is 5.92 Å². The average molecular weight is 204 g/mol. The van der Waals surface area contributed by atoms with Gasteiger partial charge in [0.1, 0.15) is 11.9 Å². The van der Waals surface area contributed by atoms with Crippen LogP contribution in [-0.4, -0.2) is 17.3 Å². The summed E-state index contributed by atoms with van der Waals surface area (Å²) < 4.78 is 5.95. The van der Waals surface area contributed by atoms with E-state index in [0.717, 1.165) is 31.4 Å². The standard InChI is InChI=1S/C13H16O2/c14-11-5-3-7-13-10(11)8-9-4-1-2-6-12(9)15-13/h1-2,4,6,10-11,13-14H,3,5,7-8H2/t10-,11-,13+/m0/s1. The normalized spacial score (nSPS) is 33.8. The Labute approximate surface area is 89.9 Å². The number of benzene rings is 1. The molecule has 0 aromatic heterocycles. The molecule has 1 fully saturated rings. The summed E-state index contributed by atoms with van der Waals surface area (Å²) in [6.45, 7) is 0. The van der Waals surface area contributed by atoms with Crippen LogP contribution in [0.4, 0.5) is 0 Å². The summed E-state index contributed by atoms with van der Waals surface area (Å²) in [5.41, 5.74) is 1.25. The van der Waals surface area contributed by atoms with Gasteiger partial charge in [0.2, 0.25) is 0 Å². The third-order valence-corrected chi connectivity index (χ3v) is 3.67. The zero-order valence-corrected chi connectivity index (χ0v) is 8.73. The Morgan fingerprint density at radius 3 is 3.00 bits per heavy atom. The summed E-state index contributed by atoms with van der Waals surface area (Å²) in [5, 5.41) is 9.95. The van der Waals surface area contributed by atoms with Crippen molar-refractivity contribution < 1.29 is 9.84 Å². The second-order valence-corrected chi connectivity index (χ2v) is 4.63. The van der Waals surface area contributed by atoms with Gasteiger partial charge in [-0.05, 0) is 37.3 Å². The highest BCUT2D eigenvalue weighted by Gasteiger charge is 2.37. The predicted octanol–water partition coefficient (Wildman–Crippen LogP) is 2.15. The van der Waals surface area contributed by atoms with Gasteiger partial charge in [-0.1, -0.05) is 18.2 Å². The number of aliphatic hydroxyl groups is 1. The lowest BCUT2D eigenvalue weighted by molar-refractivity contribution is -0.0209. The Bertz CT molecular complexity index is 361. The van der Waals surface area contributed by atoms with Gasteiger partial charge in [0, 0.05) is 5.92 Å². The van der Waals surface area contributed by atoms with Crippen molar-refractivity contribution in [3.8, 4) is 5.75 Å². The second-order valence-electron chi connectivity index (χ2n) is 4.63. The topological polar surface area (TPSA) is 29.5 Å². The average Bonchev–Trinajstić information content (AvgIpc) is 2.27. The zero-order chi connectivity index (χ0) is 10.3. The Kier molecular flexibility index (Phi) is 2.17. The minimum atomic E-state index is -0.169. The molecule has 1 heterocycles. The van der Waals surface area contributed by atoms with Crippen LogP contribution in [0.15, 0.2) is 24.3 Å². The summed E-state index contributed by atoms with van der Waals surface area (Å²) in [5.74, 6) is 1.33. The number of rotatable bonds is 0. The lowest BCUT2D eigenvalue weighted by atomic mass is 9.78. The molecule has 80 valence electrons. The van der Waals surface area contributed by atoms with E-state index in [1.807, 2.05) is 18.2 Å². The van der Waals surface area contributed by atoms with E-state index >= 15 is 0 Å². The molecule has 1 N–H and O–H groups in total. The van der Waals surface area contributed by atoms with Gasteiger partial charge in [-0.2, -0.15) is 0 Å². The first-order valence-corrected chi connectivity index (χ1v) is 5.77. The maximum absolute atomic E-state index is 9.95. The number of aliphatic hydroxyl groups excluding tert-OH is 1.